The summed E-state index contributed by atoms with van der Waals surface area (Å²) >= 11 is 0. The van der Waals surface area contributed by atoms with Gasteiger partial charge in [-0.2, -0.15) is 13.2 Å². The molecule has 5 nitrogen and oxygen atoms in total. The summed E-state index contributed by atoms with van der Waals surface area (Å²) < 4.78 is 62.3. The third-order valence-corrected chi connectivity index (χ3v) is 5.47. The number of hydrogen-bond donors (Lipinski definition) is 1. The van der Waals surface area contributed by atoms with Gasteiger partial charge in [-0.25, -0.2) is 9.18 Å². The highest BCUT2D eigenvalue weighted by Crippen LogP contribution is 2.31. The van der Waals surface area contributed by atoms with Crippen LogP contribution in [0.2, 0.25) is 0 Å². The molecule has 0 bridgehead atoms. The van der Waals surface area contributed by atoms with E-state index in [1.165, 1.54) is 41.3 Å². The molecule has 1 aliphatic rings. The molecule has 2 aromatic carbocycles. The molecule has 32 heavy (non-hydrogen) atoms. The maximum atomic E-state index is 13.2. The van der Waals surface area contributed by atoms with E-state index in [4.69, 9.17) is 8.83 Å². The molecule has 0 saturated carbocycles. The highest BCUT2D eigenvalue weighted by atomic mass is 35.5. The van der Waals surface area contributed by atoms with Crippen LogP contribution >= 0.6 is 0 Å². The number of nitrogens with zero attached hydrogens (tertiary/aromatic N) is 1. The lowest BCUT2D eigenvalue weighted by atomic mass is 10.1. The third kappa shape index (κ3) is 5.52. The molecule has 172 valence electrons. The van der Waals surface area contributed by atoms with Crippen LogP contribution in [0.1, 0.15) is 11.3 Å². The second kappa shape index (κ2) is 9.79. The number of halogens is 5. The van der Waals surface area contributed by atoms with Crippen LogP contribution in [-0.4, -0.2) is 32.7 Å². The van der Waals surface area contributed by atoms with Gasteiger partial charge >= 0.3 is 12.0 Å². The lowest BCUT2D eigenvalue weighted by molar-refractivity contribution is -0.900. The van der Waals surface area contributed by atoms with Gasteiger partial charge in [0.1, 0.15) is 5.82 Å². The van der Waals surface area contributed by atoms with Crippen LogP contribution in [0.3, 0.4) is 0 Å². The fraction of sp³-hybridized carbons (Fsp3) is 0.318. The monoisotopic (exact) mass is 472 g/mol. The molecule has 0 spiro atoms. The average Bonchev–Trinajstić information content (AvgIpc) is 3.13. The van der Waals surface area contributed by atoms with Crippen molar-refractivity contribution in [2.24, 2.45) is 0 Å². The number of hydrogen-bond acceptors (Lipinski definition) is 4. The second-order valence-corrected chi connectivity index (χ2v) is 7.50. The zero-order valence-corrected chi connectivity index (χ0v) is 17.7. The SMILES string of the molecule is O=c1oc(CC[NH+]2CCN(c3cccc(C(F)(F)F)c3)CC2)c(-c2ccc(F)cc2)o1.[Cl-]. The van der Waals surface area contributed by atoms with E-state index in [0.29, 0.717) is 48.8 Å². The molecule has 0 radical (unpaired) electrons. The van der Waals surface area contributed by atoms with E-state index in [1.807, 2.05) is 4.90 Å². The van der Waals surface area contributed by atoms with Gasteiger partial charge < -0.3 is 31.0 Å². The summed E-state index contributed by atoms with van der Waals surface area (Å²) in [4.78, 5) is 14.8. The van der Waals surface area contributed by atoms with Gasteiger partial charge in [-0.1, -0.05) is 6.07 Å². The minimum absolute atomic E-state index is 0. The van der Waals surface area contributed by atoms with Crippen molar-refractivity contribution >= 4 is 5.69 Å². The van der Waals surface area contributed by atoms with Gasteiger partial charge in [-0.15, -0.1) is 0 Å². The van der Waals surface area contributed by atoms with E-state index in [0.717, 1.165) is 19.2 Å². The van der Waals surface area contributed by atoms with Gasteiger partial charge in [0.25, 0.3) is 0 Å². The van der Waals surface area contributed by atoms with Crippen molar-refractivity contribution < 1.29 is 43.7 Å². The molecular formula is C22H21ClF4N2O3. The van der Waals surface area contributed by atoms with Gasteiger partial charge in [0, 0.05) is 11.3 Å². The fourth-order valence-corrected chi connectivity index (χ4v) is 3.79. The Balaban J connectivity index is 0.00000289. The molecular weight excluding hydrogens is 452 g/mol. The quantitative estimate of drug-likeness (QED) is 0.532. The molecule has 0 aliphatic carbocycles. The Morgan fingerprint density at radius 2 is 1.69 bits per heavy atom. The maximum absolute atomic E-state index is 13.2. The normalized spacial score (nSPS) is 14.9. The third-order valence-electron chi connectivity index (χ3n) is 5.47. The molecule has 1 fully saturated rings. The van der Waals surface area contributed by atoms with Crippen LogP contribution in [0.5, 0.6) is 0 Å². The number of benzene rings is 2. The van der Waals surface area contributed by atoms with Crippen molar-refractivity contribution in [1.82, 2.24) is 0 Å². The highest BCUT2D eigenvalue weighted by molar-refractivity contribution is 5.58. The molecule has 3 aromatic rings. The summed E-state index contributed by atoms with van der Waals surface area (Å²) in [7, 11) is 0. The summed E-state index contributed by atoms with van der Waals surface area (Å²) in [6.07, 6.45) is -3.91. The first kappa shape index (κ1) is 23.9. The molecule has 1 N–H and O–H groups in total. The first-order valence-corrected chi connectivity index (χ1v) is 9.94. The predicted molar refractivity (Wildman–Crippen MR) is 106 cm³/mol. The topological polar surface area (TPSA) is 51.0 Å². The smallest absolute Gasteiger partial charge is 0.519 e. The van der Waals surface area contributed by atoms with E-state index < -0.39 is 17.6 Å². The van der Waals surface area contributed by atoms with E-state index >= 15 is 0 Å². The zero-order valence-electron chi connectivity index (χ0n) is 16.9. The average molecular weight is 473 g/mol. The summed E-state index contributed by atoms with van der Waals surface area (Å²) in [6, 6.07) is 11.0. The van der Waals surface area contributed by atoms with Crippen molar-refractivity contribution in [2.45, 2.75) is 12.6 Å². The number of nitrogens with one attached hydrogen (secondary N) is 1. The fourth-order valence-electron chi connectivity index (χ4n) is 3.79. The van der Waals surface area contributed by atoms with Crippen LogP contribution in [0.25, 0.3) is 11.3 Å². The molecule has 0 atom stereocenters. The van der Waals surface area contributed by atoms with Crippen LogP contribution in [0, 0.1) is 5.82 Å². The van der Waals surface area contributed by atoms with Crippen LogP contribution in [0.15, 0.2) is 62.2 Å². The zero-order chi connectivity index (χ0) is 22.0. The predicted octanol–water partition coefficient (Wildman–Crippen LogP) is 0.00930. The van der Waals surface area contributed by atoms with Gasteiger partial charge in [-0.05, 0) is 42.5 Å². The molecule has 1 aliphatic heterocycles. The van der Waals surface area contributed by atoms with E-state index in [-0.39, 0.29) is 18.2 Å². The van der Waals surface area contributed by atoms with Crippen molar-refractivity contribution in [3.63, 3.8) is 0 Å². The molecule has 1 aromatic heterocycles. The summed E-state index contributed by atoms with van der Waals surface area (Å²) in [5.74, 6) is -0.491. The van der Waals surface area contributed by atoms with Crippen molar-refractivity contribution in [1.29, 1.82) is 0 Å². The lowest BCUT2D eigenvalue weighted by Crippen LogP contribution is -3.15. The Kier molecular flexibility index (Phi) is 7.30. The molecule has 10 heteroatoms. The number of anilines is 1. The number of piperazine rings is 1. The Morgan fingerprint density at radius 3 is 2.34 bits per heavy atom. The maximum Gasteiger partial charge on any atom is 0.519 e. The number of rotatable bonds is 5. The molecule has 1 saturated heterocycles. The lowest BCUT2D eigenvalue weighted by Gasteiger charge is -2.33. The Morgan fingerprint density at radius 1 is 1.00 bits per heavy atom. The van der Waals surface area contributed by atoms with Crippen LogP contribution in [0.4, 0.5) is 23.2 Å². The number of alkyl halides is 3. The molecule has 4 rings (SSSR count). The Hall–Kier alpha value is -2.78. The van der Waals surface area contributed by atoms with Crippen LogP contribution < -0.4 is 28.0 Å². The van der Waals surface area contributed by atoms with Crippen molar-refractivity contribution in [3.05, 3.63) is 76.3 Å². The highest BCUT2D eigenvalue weighted by Gasteiger charge is 2.31. The minimum atomic E-state index is -4.36. The molecule has 2 heterocycles. The van der Waals surface area contributed by atoms with E-state index in [1.54, 1.807) is 6.07 Å². The second-order valence-electron chi connectivity index (χ2n) is 7.50. The van der Waals surface area contributed by atoms with Gasteiger partial charge in [0.05, 0.1) is 44.7 Å². The van der Waals surface area contributed by atoms with E-state index in [9.17, 15) is 22.4 Å². The summed E-state index contributed by atoms with van der Waals surface area (Å²) in [5, 5.41) is 0. The Bertz CT molecular complexity index is 1090. The summed E-state index contributed by atoms with van der Waals surface area (Å²) in [5.41, 5.74) is 0.475. The largest absolute Gasteiger partial charge is 1.00 e. The van der Waals surface area contributed by atoms with Gasteiger partial charge in [0.15, 0.2) is 11.5 Å². The number of quaternary nitrogens is 1. The Labute approximate surface area is 187 Å². The van der Waals surface area contributed by atoms with Crippen molar-refractivity contribution in [3.8, 4) is 11.3 Å². The first-order valence-electron chi connectivity index (χ1n) is 9.94. The van der Waals surface area contributed by atoms with E-state index in [2.05, 4.69) is 0 Å². The standard InChI is InChI=1S/C22H20F4N2O3.ClH/c23-17-6-4-15(5-7-17)20-19(30-21(29)31-20)8-9-27-10-12-28(13-11-27)18-3-1-2-16(14-18)22(24,25)26;/h1-7,14H,8-13H2;1H. The summed E-state index contributed by atoms with van der Waals surface area (Å²) in [6.45, 7) is 3.40. The van der Waals surface area contributed by atoms with Gasteiger partial charge in [0.2, 0.25) is 0 Å². The van der Waals surface area contributed by atoms with Crippen molar-refractivity contribution in [2.75, 3.05) is 37.6 Å². The minimum Gasteiger partial charge on any atom is -1.00 e. The molecule has 0 amide bonds. The first-order chi connectivity index (χ1) is 14.8. The van der Waals surface area contributed by atoms with Gasteiger partial charge in [-0.3, -0.25) is 0 Å². The van der Waals surface area contributed by atoms with Crippen LogP contribution in [-0.2, 0) is 12.6 Å². The molecule has 0 unspecified atom stereocenters.